The van der Waals surface area contributed by atoms with Gasteiger partial charge in [0, 0.05) is 19.1 Å². The van der Waals surface area contributed by atoms with Crippen LogP contribution in [0.15, 0.2) is 24.3 Å². The van der Waals surface area contributed by atoms with Gasteiger partial charge in [0.2, 0.25) is 0 Å². The zero-order valence-corrected chi connectivity index (χ0v) is 13.6. The summed E-state index contributed by atoms with van der Waals surface area (Å²) in [6, 6.07) is 8.91. The number of ether oxygens (including phenoxy) is 1. The van der Waals surface area contributed by atoms with Crippen molar-refractivity contribution in [3.63, 3.8) is 0 Å². The normalized spacial score (nSPS) is 12.9. The second kappa shape index (κ2) is 8.98. The van der Waals surface area contributed by atoms with Gasteiger partial charge in [-0.1, -0.05) is 26.0 Å². The molecule has 0 heterocycles. The highest BCUT2D eigenvalue weighted by atomic mass is 16.5. The Balaban J connectivity index is 2.43. The Morgan fingerprint density at radius 1 is 1.25 bits per heavy atom. The van der Waals surface area contributed by atoms with E-state index in [0.29, 0.717) is 12.6 Å². The van der Waals surface area contributed by atoms with Crippen molar-refractivity contribution < 1.29 is 4.74 Å². The van der Waals surface area contributed by atoms with Crippen molar-refractivity contribution in [3.05, 3.63) is 29.8 Å². The molecule has 0 bridgehead atoms. The largest absolute Gasteiger partial charge is 0.494 e. The molecule has 1 aromatic carbocycles. The summed E-state index contributed by atoms with van der Waals surface area (Å²) in [5.74, 6) is 1.68. The second-order valence-corrected chi connectivity index (χ2v) is 5.96. The first kappa shape index (κ1) is 17.0. The van der Waals surface area contributed by atoms with Gasteiger partial charge >= 0.3 is 0 Å². The third kappa shape index (κ3) is 6.40. The van der Waals surface area contributed by atoms with E-state index in [4.69, 9.17) is 4.74 Å². The molecule has 0 aliphatic carbocycles. The molecule has 0 amide bonds. The van der Waals surface area contributed by atoms with E-state index >= 15 is 0 Å². The molecule has 0 fully saturated rings. The topological polar surface area (TPSA) is 24.5 Å². The Morgan fingerprint density at radius 3 is 2.60 bits per heavy atom. The van der Waals surface area contributed by atoms with Crippen LogP contribution >= 0.6 is 0 Å². The van der Waals surface area contributed by atoms with Crippen molar-refractivity contribution in [1.82, 2.24) is 10.2 Å². The molecule has 0 saturated heterocycles. The van der Waals surface area contributed by atoms with Crippen LogP contribution in [0.2, 0.25) is 0 Å². The number of likely N-dealkylation sites (N-methyl/N-ethyl adjacent to an activating group) is 1. The maximum atomic E-state index is 5.53. The zero-order chi connectivity index (χ0) is 15.0. The minimum atomic E-state index is 0.588. The van der Waals surface area contributed by atoms with Gasteiger partial charge in [-0.15, -0.1) is 0 Å². The van der Waals surface area contributed by atoms with E-state index in [1.807, 2.05) is 13.0 Å². The minimum absolute atomic E-state index is 0.588. The van der Waals surface area contributed by atoms with Gasteiger partial charge in [0.1, 0.15) is 5.75 Å². The number of hydrogen-bond acceptors (Lipinski definition) is 3. The highest BCUT2D eigenvalue weighted by Crippen LogP contribution is 2.13. The van der Waals surface area contributed by atoms with Crippen molar-refractivity contribution >= 4 is 0 Å². The van der Waals surface area contributed by atoms with Gasteiger partial charge in [-0.2, -0.15) is 0 Å². The number of nitrogens with zero attached hydrogens (tertiary/aromatic N) is 1. The highest BCUT2D eigenvalue weighted by molar-refractivity contribution is 5.28. The van der Waals surface area contributed by atoms with Crippen LogP contribution in [0.4, 0.5) is 0 Å². The summed E-state index contributed by atoms with van der Waals surface area (Å²) in [6.07, 6.45) is 1.22. The van der Waals surface area contributed by atoms with Crippen LogP contribution in [0.25, 0.3) is 0 Å². The highest BCUT2D eigenvalue weighted by Gasteiger charge is 2.12. The molecule has 0 spiro atoms. The van der Waals surface area contributed by atoms with Crippen molar-refractivity contribution in [1.29, 1.82) is 0 Å². The van der Waals surface area contributed by atoms with Crippen molar-refractivity contribution in [2.75, 3.05) is 27.2 Å². The van der Waals surface area contributed by atoms with Crippen LogP contribution in [0.3, 0.4) is 0 Å². The van der Waals surface area contributed by atoms with Gasteiger partial charge in [-0.25, -0.2) is 0 Å². The van der Waals surface area contributed by atoms with Crippen LogP contribution in [-0.4, -0.2) is 38.2 Å². The van der Waals surface area contributed by atoms with Gasteiger partial charge in [-0.3, -0.25) is 0 Å². The van der Waals surface area contributed by atoms with E-state index in [-0.39, 0.29) is 0 Å². The molecular formula is C17H30N2O. The minimum Gasteiger partial charge on any atom is -0.494 e. The first-order valence-electron chi connectivity index (χ1n) is 7.61. The molecule has 0 radical (unpaired) electrons. The fourth-order valence-corrected chi connectivity index (χ4v) is 2.32. The molecule has 1 rings (SSSR count). The average molecular weight is 278 g/mol. The first-order chi connectivity index (χ1) is 9.52. The van der Waals surface area contributed by atoms with Gasteiger partial charge in [0.05, 0.1) is 6.61 Å². The molecule has 0 aliphatic rings. The van der Waals surface area contributed by atoms with Crippen molar-refractivity contribution in [2.24, 2.45) is 5.92 Å². The summed E-state index contributed by atoms with van der Waals surface area (Å²) in [5, 5.41) is 3.56. The lowest BCUT2D eigenvalue weighted by Crippen LogP contribution is -2.38. The lowest BCUT2D eigenvalue weighted by Gasteiger charge is -2.26. The molecule has 1 aromatic rings. The molecule has 114 valence electrons. The molecule has 3 heteroatoms. The predicted molar refractivity (Wildman–Crippen MR) is 86.2 cm³/mol. The van der Waals surface area contributed by atoms with E-state index in [9.17, 15) is 0 Å². The molecule has 20 heavy (non-hydrogen) atoms. The van der Waals surface area contributed by atoms with Crippen LogP contribution in [0.5, 0.6) is 5.75 Å². The Bertz CT molecular complexity index is 377. The van der Waals surface area contributed by atoms with Crippen molar-refractivity contribution in [3.8, 4) is 5.75 Å². The van der Waals surface area contributed by atoms with E-state index in [2.05, 4.69) is 56.4 Å². The summed E-state index contributed by atoms with van der Waals surface area (Å²) < 4.78 is 5.53. The monoisotopic (exact) mass is 278 g/mol. The Labute approximate surface area is 124 Å². The number of benzene rings is 1. The number of hydrogen-bond donors (Lipinski definition) is 1. The molecular weight excluding hydrogens is 248 g/mol. The summed E-state index contributed by atoms with van der Waals surface area (Å²) in [4.78, 5) is 2.31. The summed E-state index contributed by atoms with van der Waals surface area (Å²) >= 11 is 0. The average Bonchev–Trinajstić information content (AvgIpc) is 2.38. The Morgan fingerprint density at radius 2 is 2.00 bits per heavy atom. The van der Waals surface area contributed by atoms with Crippen molar-refractivity contribution in [2.45, 2.75) is 39.8 Å². The standard InChI is InChI=1S/C17H30N2O/c1-6-20-17-9-7-8-15(11-17)12-18-13-16(19(4)5)10-14(2)3/h7-9,11,14,16,18H,6,10,12-13H2,1-5H3. The van der Waals surface area contributed by atoms with Crippen LogP contribution < -0.4 is 10.1 Å². The quantitative estimate of drug-likeness (QED) is 0.751. The van der Waals surface area contributed by atoms with Gasteiger partial charge in [-0.05, 0) is 51.1 Å². The van der Waals surface area contributed by atoms with Crippen LogP contribution in [0.1, 0.15) is 32.8 Å². The van der Waals surface area contributed by atoms with E-state index in [0.717, 1.165) is 24.8 Å². The zero-order valence-electron chi connectivity index (χ0n) is 13.6. The molecule has 0 aliphatic heterocycles. The van der Waals surface area contributed by atoms with Gasteiger partial charge < -0.3 is 15.0 Å². The SMILES string of the molecule is CCOc1cccc(CNCC(CC(C)C)N(C)C)c1. The molecule has 1 atom stereocenters. The molecule has 1 unspecified atom stereocenters. The fraction of sp³-hybridized carbons (Fsp3) is 0.647. The number of rotatable bonds is 9. The predicted octanol–water partition coefficient (Wildman–Crippen LogP) is 3.15. The van der Waals surface area contributed by atoms with E-state index in [1.165, 1.54) is 12.0 Å². The molecule has 0 aromatic heterocycles. The van der Waals surface area contributed by atoms with Crippen LogP contribution in [-0.2, 0) is 6.54 Å². The van der Waals surface area contributed by atoms with Gasteiger partial charge in [0.15, 0.2) is 0 Å². The number of nitrogens with one attached hydrogen (secondary N) is 1. The maximum absolute atomic E-state index is 5.53. The summed E-state index contributed by atoms with van der Waals surface area (Å²) in [6.45, 7) is 9.20. The second-order valence-electron chi connectivity index (χ2n) is 5.96. The van der Waals surface area contributed by atoms with E-state index < -0.39 is 0 Å². The third-order valence-corrected chi connectivity index (χ3v) is 3.39. The summed E-state index contributed by atoms with van der Waals surface area (Å²) in [7, 11) is 4.31. The molecule has 0 saturated carbocycles. The van der Waals surface area contributed by atoms with E-state index in [1.54, 1.807) is 0 Å². The van der Waals surface area contributed by atoms with Crippen LogP contribution in [0, 0.1) is 5.92 Å². The maximum Gasteiger partial charge on any atom is 0.119 e. The lowest BCUT2D eigenvalue weighted by atomic mass is 10.0. The fourth-order valence-electron chi connectivity index (χ4n) is 2.32. The smallest absolute Gasteiger partial charge is 0.119 e. The van der Waals surface area contributed by atoms with Gasteiger partial charge in [0.25, 0.3) is 0 Å². The molecule has 3 nitrogen and oxygen atoms in total. The lowest BCUT2D eigenvalue weighted by molar-refractivity contribution is 0.246. The first-order valence-corrected chi connectivity index (χ1v) is 7.61. The Hall–Kier alpha value is -1.06. The Kier molecular flexibility index (Phi) is 7.63. The molecule has 1 N–H and O–H groups in total. The third-order valence-electron chi connectivity index (χ3n) is 3.39. The summed E-state index contributed by atoms with van der Waals surface area (Å²) in [5.41, 5.74) is 1.28.